The molecule has 21 heavy (non-hydrogen) atoms. The van der Waals surface area contributed by atoms with Crippen LogP contribution in [0.5, 0.6) is 0 Å². The number of benzene rings is 2. The molecule has 0 heterocycles. The number of nitrogens with zero attached hydrogens (tertiary/aromatic N) is 1. The molecule has 0 fully saturated rings. The molecule has 0 radical (unpaired) electrons. The van der Waals surface area contributed by atoms with E-state index in [-0.39, 0.29) is 22.4 Å². The van der Waals surface area contributed by atoms with Crippen molar-refractivity contribution < 1.29 is 18.8 Å². The molecule has 0 atom stereocenters. The zero-order chi connectivity index (χ0) is 15.6. The number of nitro benzene ring substituents is 1. The molecule has 0 saturated carbocycles. The van der Waals surface area contributed by atoms with Crippen LogP contribution in [-0.4, -0.2) is 18.0 Å². The minimum atomic E-state index is -0.727. The molecule has 0 amide bonds. The lowest BCUT2D eigenvalue weighted by Gasteiger charge is -2.07. The van der Waals surface area contributed by atoms with Gasteiger partial charge in [0.25, 0.3) is 5.69 Å². The highest BCUT2D eigenvalue weighted by Gasteiger charge is 2.17. The van der Waals surface area contributed by atoms with Crippen molar-refractivity contribution in [2.24, 2.45) is 0 Å². The van der Waals surface area contributed by atoms with Crippen molar-refractivity contribution in [1.29, 1.82) is 0 Å². The van der Waals surface area contributed by atoms with Crippen LogP contribution >= 0.6 is 15.9 Å². The lowest BCUT2D eigenvalue weighted by Crippen LogP contribution is -2.03. The monoisotopic (exact) mass is 353 g/mol. The molecule has 2 aromatic rings. The first-order chi connectivity index (χ1) is 9.92. The molecule has 0 aliphatic rings. The van der Waals surface area contributed by atoms with Crippen LogP contribution in [0.25, 0.3) is 11.1 Å². The number of carbonyl (C=O) groups excluding carboxylic acids is 1. The van der Waals surface area contributed by atoms with Gasteiger partial charge in [-0.15, -0.1) is 0 Å². The van der Waals surface area contributed by atoms with E-state index in [2.05, 4.69) is 20.7 Å². The summed E-state index contributed by atoms with van der Waals surface area (Å²) in [7, 11) is 1.17. The first kappa shape index (κ1) is 15.1. The lowest BCUT2D eigenvalue weighted by molar-refractivity contribution is -0.384. The van der Waals surface area contributed by atoms with Crippen LogP contribution < -0.4 is 0 Å². The van der Waals surface area contributed by atoms with Crippen LogP contribution in [-0.2, 0) is 4.74 Å². The van der Waals surface area contributed by atoms with Crippen molar-refractivity contribution in [2.45, 2.75) is 0 Å². The predicted molar refractivity (Wildman–Crippen MR) is 77.5 cm³/mol. The molecule has 0 unspecified atom stereocenters. The third-order valence-corrected chi connectivity index (χ3v) is 3.28. The summed E-state index contributed by atoms with van der Waals surface area (Å²) in [5.74, 6) is -1.27. The molecular weight excluding hydrogens is 345 g/mol. The maximum absolute atomic E-state index is 13.9. The number of nitro groups is 1. The van der Waals surface area contributed by atoms with Crippen molar-refractivity contribution >= 4 is 27.6 Å². The Morgan fingerprint density at radius 1 is 1.29 bits per heavy atom. The number of halogens is 2. The molecule has 0 aliphatic carbocycles. The molecule has 0 aromatic heterocycles. The fourth-order valence-corrected chi connectivity index (χ4v) is 2.19. The molecule has 108 valence electrons. The fourth-order valence-electron chi connectivity index (χ4n) is 1.83. The van der Waals surface area contributed by atoms with Crippen molar-refractivity contribution in [3.8, 4) is 11.1 Å². The van der Waals surface area contributed by atoms with Crippen LogP contribution in [0.1, 0.15) is 10.4 Å². The van der Waals surface area contributed by atoms with E-state index < -0.39 is 16.7 Å². The Hall–Kier alpha value is -2.28. The molecule has 0 N–H and O–H groups in total. The highest BCUT2D eigenvalue weighted by molar-refractivity contribution is 9.10. The minimum absolute atomic E-state index is 0.0129. The Labute approximate surface area is 127 Å². The normalized spacial score (nSPS) is 10.2. The highest BCUT2D eigenvalue weighted by atomic mass is 79.9. The Morgan fingerprint density at radius 3 is 2.62 bits per heavy atom. The molecule has 0 aliphatic heterocycles. The maximum atomic E-state index is 13.9. The fraction of sp³-hybridized carbons (Fsp3) is 0.0714. The Bertz CT molecular complexity index is 733. The predicted octanol–water partition coefficient (Wildman–Crippen LogP) is 3.95. The van der Waals surface area contributed by atoms with Gasteiger partial charge < -0.3 is 4.74 Å². The van der Waals surface area contributed by atoms with Gasteiger partial charge in [-0.1, -0.05) is 15.9 Å². The molecular formula is C14H9BrFNO4. The molecule has 2 aromatic carbocycles. The van der Waals surface area contributed by atoms with E-state index in [4.69, 9.17) is 0 Å². The van der Waals surface area contributed by atoms with Gasteiger partial charge in [0.05, 0.1) is 17.6 Å². The third kappa shape index (κ3) is 3.25. The second-order valence-corrected chi connectivity index (χ2v) is 5.06. The van der Waals surface area contributed by atoms with E-state index in [1.54, 1.807) is 0 Å². The molecule has 0 bridgehead atoms. The van der Waals surface area contributed by atoms with Crippen LogP contribution in [0, 0.1) is 15.9 Å². The summed E-state index contributed by atoms with van der Waals surface area (Å²) in [6.07, 6.45) is 0. The summed E-state index contributed by atoms with van der Waals surface area (Å²) >= 11 is 3.21. The SMILES string of the molecule is COC(=O)c1cc(-c2cc(Br)ccc2F)cc([N+](=O)[O-])c1. The molecule has 5 nitrogen and oxygen atoms in total. The Morgan fingerprint density at radius 2 is 2.00 bits per heavy atom. The van der Waals surface area contributed by atoms with Crippen LogP contribution in [0.15, 0.2) is 40.9 Å². The van der Waals surface area contributed by atoms with Gasteiger partial charge in [0.1, 0.15) is 5.82 Å². The first-order valence-corrected chi connectivity index (χ1v) is 6.55. The smallest absolute Gasteiger partial charge is 0.338 e. The van der Waals surface area contributed by atoms with E-state index in [1.165, 1.54) is 37.4 Å². The van der Waals surface area contributed by atoms with E-state index >= 15 is 0 Å². The van der Waals surface area contributed by atoms with Crippen LogP contribution in [0.4, 0.5) is 10.1 Å². The second-order valence-electron chi connectivity index (χ2n) is 4.14. The van der Waals surface area contributed by atoms with Crippen molar-refractivity contribution in [3.05, 3.63) is 62.4 Å². The zero-order valence-corrected chi connectivity index (χ0v) is 12.4. The summed E-state index contributed by atoms with van der Waals surface area (Å²) < 4.78 is 19.1. The lowest BCUT2D eigenvalue weighted by atomic mass is 10.0. The third-order valence-electron chi connectivity index (χ3n) is 2.79. The van der Waals surface area contributed by atoms with Gasteiger partial charge in [0.15, 0.2) is 0 Å². The number of carbonyl (C=O) groups is 1. The summed E-state index contributed by atoms with van der Waals surface area (Å²) in [5.41, 5.74) is 0.0509. The Kier molecular flexibility index (Phi) is 4.32. The standard InChI is InChI=1S/C14H9BrFNO4/c1-21-14(18)9-4-8(5-11(6-9)17(19)20)12-7-10(15)2-3-13(12)16/h2-7H,1H3. The van der Waals surface area contributed by atoms with E-state index in [0.29, 0.717) is 4.47 Å². The number of rotatable bonds is 3. The Balaban J connectivity index is 2.67. The molecule has 0 spiro atoms. The summed E-state index contributed by atoms with van der Waals surface area (Å²) in [5, 5.41) is 10.9. The topological polar surface area (TPSA) is 69.4 Å². The van der Waals surface area contributed by atoms with E-state index in [9.17, 15) is 19.3 Å². The van der Waals surface area contributed by atoms with E-state index in [1.807, 2.05) is 0 Å². The van der Waals surface area contributed by atoms with Crippen molar-refractivity contribution in [2.75, 3.05) is 7.11 Å². The number of ether oxygens (including phenoxy) is 1. The van der Waals surface area contributed by atoms with Gasteiger partial charge in [0, 0.05) is 22.2 Å². The molecule has 7 heteroatoms. The number of hydrogen-bond donors (Lipinski definition) is 0. The van der Waals surface area contributed by atoms with Crippen molar-refractivity contribution in [3.63, 3.8) is 0 Å². The number of non-ortho nitro benzene ring substituents is 1. The zero-order valence-electron chi connectivity index (χ0n) is 10.8. The van der Waals surface area contributed by atoms with Crippen LogP contribution in [0.3, 0.4) is 0 Å². The minimum Gasteiger partial charge on any atom is -0.465 e. The largest absolute Gasteiger partial charge is 0.465 e. The van der Waals surface area contributed by atoms with Gasteiger partial charge in [-0.3, -0.25) is 10.1 Å². The maximum Gasteiger partial charge on any atom is 0.338 e. The van der Waals surface area contributed by atoms with Gasteiger partial charge in [-0.05, 0) is 29.8 Å². The summed E-state index contributed by atoms with van der Waals surface area (Å²) in [6.45, 7) is 0. The average molecular weight is 354 g/mol. The molecule has 0 saturated heterocycles. The quantitative estimate of drug-likeness (QED) is 0.475. The molecule has 2 rings (SSSR count). The van der Waals surface area contributed by atoms with E-state index in [0.717, 1.165) is 6.07 Å². The number of esters is 1. The number of methoxy groups -OCH3 is 1. The van der Waals surface area contributed by atoms with Crippen molar-refractivity contribution in [1.82, 2.24) is 0 Å². The van der Waals surface area contributed by atoms with Crippen LogP contribution in [0.2, 0.25) is 0 Å². The summed E-state index contributed by atoms with van der Waals surface area (Å²) in [4.78, 5) is 21.9. The van der Waals surface area contributed by atoms with Gasteiger partial charge >= 0.3 is 5.97 Å². The van der Waals surface area contributed by atoms with Gasteiger partial charge in [-0.2, -0.15) is 0 Å². The number of hydrogen-bond acceptors (Lipinski definition) is 4. The second kappa shape index (κ2) is 6.01. The highest BCUT2D eigenvalue weighted by Crippen LogP contribution is 2.30. The summed E-state index contributed by atoms with van der Waals surface area (Å²) in [6, 6.07) is 7.87. The van der Waals surface area contributed by atoms with Gasteiger partial charge in [0.2, 0.25) is 0 Å². The average Bonchev–Trinajstić information content (AvgIpc) is 2.48. The first-order valence-electron chi connectivity index (χ1n) is 5.75. The van der Waals surface area contributed by atoms with Gasteiger partial charge in [-0.25, -0.2) is 9.18 Å².